The van der Waals surface area contributed by atoms with Crippen LogP contribution >= 0.6 is 27.3 Å². The number of ether oxygens (including phenoxy) is 3. The van der Waals surface area contributed by atoms with Crippen molar-refractivity contribution in [2.45, 2.75) is 46.0 Å². The summed E-state index contributed by atoms with van der Waals surface area (Å²) in [6.07, 6.45) is 6.16. The average Bonchev–Trinajstić information content (AvgIpc) is 3.13. The number of carbonyl (C=O) groups excluding carboxylic acids is 2. The van der Waals surface area contributed by atoms with Crippen molar-refractivity contribution in [3.05, 3.63) is 44.2 Å². The van der Waals surface area contributed by atoms with Crippen LogP contribution < -0.4 is 14.8 Å². The van der Waals surface area contributed by atoms with Gasteiger partial charge in [-0.3, -0.25) is 4.79 Å². The molecule has 8 heteroatoms. The number of amides is 1. The quantitative estimate of drug-likeness (QED) is 0.331. The minimum Gasteiger partial charge on any atom is -0.493 e. The van der Waals surface area contributed by atoms with Gasteiger partial charge in [0.2, 0.25) is 5.91 Å². The van der Waals surface area contributed by atoms with Gasteiger partial charge in [-0.1, -0.05) is 6.92 Å². The first-order valence-electron chi connectivity index (χ1n) is 10.7. The summed E-state index contributed by atoms with van der Waals surface area (Å²) >= 11 is 4.96. The number of rotatable bonds is 8. The SMILES string of the molecule is CCOC(=O)c1c(NC(=O)/C=C/c2cc(Br)c(OCC)c(OC)c2)sc2c1C(C)CCC2. The van der Waals surface area contributed by atoms with E-state index in [9.17, 15) is 9.59 Å². The second kappa shape index (κ2) is 11.0. The lowest BCUT2D eigenvalue weighted by molar-refractivity contribution is -0.111. The Kier molecular flexibility index (Phi) is 8.37. The van der Waals surface area contributed by atoms with Crippen LogP contribution in [0.4, 0.5) is 5.00 Å². The number of aryl methyl sites for hydroxylation is 1. The molecule has 1 aliphatic carbocycles. The zero-order chi connectivity index (χ0) is 23.3. The highest BCUT2D eigenvalue weighted by Crippen LogP contribution is 2.44. The third-order valence-corrected chi connectivity index (χ3v) is 7.01. The highest BCUT2D eigenvalue weighted by Gasteiger charge is 2.30. The third kappa shape index (κ3) is 5.35. The molecule has 0 fully saturated rings. The number of esters is 1. The first kappa shape index (κ1) is 24.3. The second-order valence-electron chi connectivity index (χ2n) is 7.45. The highest BCUT2D eigenvalue weighted by atomic mass is 79.9. The Balaban J connectivity index is 1.84. The van der Waals surface area contributed by atoms with Crippen LogP contribution in [0.5, 0.6) is 11.5 Å². The molecule has 2 aromatic rings. The second-order valence-corrected chi connectivity index (χ2v) is 9.41. The van der Waals surface area contributed by atoms with Crippen molar-refractivity contribution in [3.8, 4) is 11.5 Å². The summed E-state index contributed by atoms with van der Waals surface area (Å²) in [6.45, 7) is 6.61. The van der Waals surface area contributed by atoms with E-state index in [1.165, 1.54) is 17.4 Å². The molecule has 1 heterocycles. The number of hydrogen-bond acceptors (Lipinski definition) is 6. The smallest absolute Gasteiger partial charge is 0.341 e. The van der Waals surface area contributed by atoms with Crippen molar-refractivity contribution in [1.29, 1.82) is 0 Å². The predicted octanol–water partition coefficient (Wildman–Crippen LogP) is 6.19. The molecule has 1 atom stereocenters. The van der Waals surface area contributed by atoms with Crippen LogP contribution in [-0.2, 0) is 16.0 Å². The molecule has 3 rings (SSSR count). The molecule has 0 spiro atoms. The van der Waals surface area contributed by atoms with Crippen LogP contribution in [0.3, 0.4) is 0 Å². The summed E-state index contributed by atoms with van der Waals surface area (Å²) in [4.78, 5) is 26.6. The maximum absolute atomic E-state index is 12.7. The zero-order valence-corrected chi connectivity index (χ0v) is 21.2. The number of carbonyl (C=O) groups is 2. The zero-order valence-electron chi connectivity index (χ0n) is 18.7. The van der Waals surface area contributed by atoms with Gasteiger partial charge in [0.15, 0.2) is 11.5 Å². The number of nitrogens with one attached hydrogen (secondary N) is 1. The van der Waals surface area contributed by atoms with Gasteiger partial charge in [0.1, 0.15) is 5.00 Å². The number of methoxy groups -OCH3 is 1. The van der Waals surface area contributed by atoms with E-state index in [-0.39, 0.29) is 17.8 Å². The van der Waals surface area contributed by atoms with Crippen LogP contribution in [-0.4, -0.2) is 32.2 Å². The van der Waals surface area contributed by atoms with E-state index < -0.39 is 0 Å². The van der Waals surface area contributed by atoms with Gasteiger partial charge in [0.25, 0.3) is 0 Å². The fraction of sp³-hybridized carbons (Fsp3) is 0.417. The molecule has 0 saturated carbocycles. The van der Waals surface area contributed by atoms with Crippen LogP contribution in [0.25, 0.3) is 6.08 Å². The van der Waals surface area contributed by atoms with E-state index in [0.29, 0.717) is 35.3 Å². The first-order chi connectivity index (χ1) is 15.4. The largest absolute Gasteiger partial charge is 0.493 e. The summed E-state index contributed by atoms with van der Waals surface area (Å²) < 4.78 is 17.0. The van der Waals surface area contributed by atoms with Crippen LogP contribution in [0.15, 0.2) is 22.7 Å². The maximum atomic E-state index is 12.7. The Labute approximate surface area is 201 Å². The van der Waals surface area contributed by atoms with Crippen molar-refractivity contribution < 1.29 is 23.8 Å². The van der Waals surface area contributed by atoms with Gasteiger partial charge < -0.3 is 19.5 Å². The van der Waals surface area contributed by atoms with Gasteiger partial charge >= 0.3 is 5.97 Å². The number of halogens is 1. The normalized spacial score (nSPS) is 15.3. The van der Waals surface area contributed by atoms with E-state index in [4.69, 9.17) is 14.2 Å². The molecule has 1 unspecified atom stereocenters. The maximum Gasteiger partial charge on any atom is 0.341 e. The minimum atomic E-state index is -0.377. The van der Waals surface area contributed by atoms with Crippen LogP contribution in [0, 0.1) is 0 Å². The average molecular weight is 522 g/mol. The summed E-state index contributed by atoms with van der Waals surface area (Å²) in [5.74, 6) is 0.771. The molecule has 1 aliphatic rings. The van der Waals surface area contributed by atoms with Crippen molar-refractivity contribution in [2.24, 2.45) is 0 Å². The van der Waals surface area contributed by atoms with Crippen molar-refractivity contribution in [3.63, 3.8) is 0 Å². The number of anilines is 1. The molecule has 0 saturated heterocycles. The Hall–Kier alpha value is -2.32. The number of benzene rings is 1. The first-order valence-corrected chi connectivity index (χ1v) is 12.3. The molecule has 32 heavy (non-hydrogen) atoms. The minimum absolute atomic E-state index is 0.268. The molecular weight excluding hydrogens is 494 g/mol. The molecule has 0 bridgehead atoms. The van der Waals surface area contributed by atoms with Gasteiger partial charge in [0.05, 0.1) is 30.4 Å². The number of hydrogen-bond donors (Lipinski definition) is 1. The molecule has 0 radical (unpaired) electrons. The summed E-state index contributed by atoms with van der Waals surface area (Å²) in [5.41, 5.74) is 2.31. The van der Waals surface area contributed by atoms with Gasteiger partial charge in [-0.2, -0.15) is 0 Å². The molecule has 6 nitrogen and oxygen atoms in total. The van der Waals surface area contributed by atoms with E-state index in [2.05, 4.69) is 28.2 Å². The third-order valence-electron chi connectivity index (χ3n) is 5.24. The lowest BCUT2D eigenvalue weighted by Crippen LogP contribution is -2.15. The topological polar surface area (TPSA) is 73.9 Å². The van der Waals surface area contributed by atoms with Gasteiger partial charge in [-0.25, -0.2) is 4.79 Å². The molecule has 1 aromatic carbocycles. The van der Waals surface area contributed by atoms with Crippen molar-refractivity contribution >= 4 is 50.2 Å². The summed E-state index contributed by atoms with van der Waals surface area (Å²) in [7, 11) is 1.57. The predicted molar refractivity (Wildman–Crippen MR) is 131 cm³/mol. The van der Waals surface area contributed by atoms with Crippen molar-refractivity contribution in [2.75, 3.05) is 25.6 Å². The Bertz CT molecular complexity index is 1030. The van der Waals surface area contributed by atoms with Crippen LogP contribution in [0.1, 0.15) is 65.9 Å². The lowest BCUT2D eigenvalue weighted by Gasteiger charge is -2.19. The molecule has 1 amide bonds. The van der Waals surface area contributed by atoms with E-state index in [1.54, 1.807) is 26.2 Å². The molecule has 0 aliphatic heterocycles. The van der Waals surface area contributed by atoms with E-state index in [1.807, 2.05) is 13.0 Å². The lowest BCUT2D eigenvalue weighted by atomic mass is 9.86. The standard InChI is InChI=1S/C24H28BrNO5S/c1-5-30-22-16(25)12-15(13-17(22)29-4)10-11-19(27)26-23-21(24(28)31-6-2)20-14(3)8-7-9-18(20)32-23/h10-14H,5-9H2,1-4H3,(H,26,27)/b11-10+. The highest BCUT2D eigenvalue weighted by molar-refractivity contribution is 9.10. The molecule has 1 aromatic heterocycles. The van der Waals surface area contributed by atoms with Gasteiger partial charge in [0, 0.05) is 11.0 Å². The Morgan fingerprint density at radius 2 is 2.06 bits per heavy atom. The van der Waals surface area contributed by atoms with E-state index in [0.717, 1.165) is 39.7 Å². The monoisotopic (exact) mass is 521 g/mol. The fourth-order valence-electron chi connectivity index (χ4n) is 3.85. The fourth-order valence-corrected chi connectivity index (χ4v) is 5.78. The number of thiophene rings is 1. The Morgan fingerprint density at radius 3 is 2.75 bits per heavy atom. The molecule has 172 valence electrons. The molecule has 1 N–H and O–H groups in total. The van der Waals surface area contributed by atoms with Crippen LogP contribution in [0.2, 0.25) is 0 Å². The summed E-state index contributed by atoms with van der Waals surface area (Å²) in [6, 6.07) is 3.65. The van der Waals surface area contributed by atoms with Gasteiger partial charge in [-0.05, 0) is 84.3 Å². The van der Waals surface area contributed by atoms with Crippen molar-refractivity contribution in [1.82, 2.24) is 0 Å². The van der Waals surface area contributed by atoms with E-state index >= 15 is 0 Å². The number of fused-ring (bicyclic) bond motifs is 1. The van der Waals surface area contributed by atoms with Gasteiger partial charge in [-0.15, -0.1) is 11.3 Å². The summed E-state index contributed by atoms with van der Waals surface area (Å²) in [5, 5.41) is 3.45. The Morgan fingerprint density at radius 1 is 1.28 bits per heavy atom. The molecular formula is C24H28BrNO5S.